The summed E-state index contributed by atoms with van der Waals surface area (Å²) in [6.07, 6.45) is 5.42. The Hall–Kier alpha value is -1.02. The fourth-order valence-electron chi connectivity index (χ4n) is 2.58. The highest BCUT2D eigenvalue weighted by atomic mass is 16.3. The summed E-state index contributed by atoms with van der Waals surface area (Å²) in [5.74, 6) is 0.338. The van der Waals surface area contributed by atoms with E-state index >= 15 is 0 Å². The van der Waals surface area contributed by atoms with E-state index in [1.54, 1.807) is 12.1 Å². The first kappa shape index (κ1) is 12.4. The Balaban J connectivity index is 1.88. The predicted molar refractivity (Wildman–Crippen MR) is 71.1 cm³/mol. The maximum atomic E-state index is 9.26. The zero-order valence-electron chi connectivity index (χ0n) is 10.9. The summed E-state index contributed by atoms with van der Waals surface area (Å²) in [4.78, 5) is 0. The van der Waals surface area contributed by atoms with Gasteiger partial charge in [-0.1, -0.05) is 25.5 Å². The van der Waals surface area contributed by atoms with Gasteiger partial charge in [-0.2, -0.15) is 0 Å². The molecule has 2 heteroatoms. The minimum atomic E-state index is 0.338. The lowest BCUT2D eigenvalue weighted by atomic mass is 9.67. The molecule has 0 heterocycles. The first-order valence-corrected chi connectivity index (χ1v) is 6.67. The summed E-state index contributed by atoms with van der Waals surface area (Å²) in [6.45, 7) is 5.60. The number of phenols is 1. The maximum Gasteiger partial charge on any atom is 0.115 e. The molecule has 2 rings (SSSR count). The van der Waals surface area contributed by atoms with Gasteiger partial charge in [-0.25, -0.2) is 0 Å². The molecule has 1 unspecified atom stereocenters. The second kappa shape index (κ2) is 5.09. The van der Waals surface area contributed by atoms with Crippen LogP contribution in [0.25, 0.3) is 0 Å². The molecule has 0 saturated heterocycles. The molecule has 1 aliphatic carbocycles. The van der Waals surface area contributed by atoms with Crippen LogP contribution in [0.2, 0.25) is 0 Å². The van der Waals surface area contributed by atoms with Crippen molar-refractivity contribution in [1.29, 1.82) is 0 Å². The summed E-state index contributed by atoms with van der Waals surface area (Å²) in [5.41, 5.74) is 1.80. The molecule has 0 aliphatic heterocycles. The van der Waals surface area contributed by atoms with Crippen LogP contribution in [0.5, 0.6) is 5.75 Å². The molecule has 0 radical (unpaired) electrons. The number of phenolic OH excluding ortho intramolecular Hbond substituents is 1. The minimum Gasteiger partial charge on any atom is -0.508 e. The smallest absolute Gasteiger partial charge is 0.115 e. The topological polar surface area (TPSA) is 32.3 Å². The summed E-state index contributed by atoms with van der Waals surface area (Å²) in [6, 6.07) is 7.86. The van der Waals surface area contributed by atoms with Gasteiger partial charge in [-0.05, 0) is 49.3 Å². The Morgan fingerprint density at radius 2 is 1.94 bits per heavy atom. The van der Waals surface area contributed by atoms with E-state index in [0.717, 1.165) is 6.54 Å². The Kier molecular flexibility index (Phi) is 3.72. The quantitative estimate of drug-likeness (QED) is 0.814. The first-order chi connectivity index (χ1) is 8.15. The second-order valence-corrected chi connectivity index (χ2v) is 5.40. The van der Waals surface area contributed by atoms with Gasteiger partial charge in [0, 0.05) is 12.6 Å². The molecule has 17 heavy (non-hydrogen) atoms. The van der Waals surface area contributed by atoms with Crippen molar-refractivity contribution in [1.82, 2.24) is 5.32 Å². The normalized spacial score (nSPS) is 19.6. The van der Waals surface area contributed by atoms with Crippen LogP contribution in [0.1, 0.15) is 51.1 Å². The molecular weight excluding hydrogens is 210 g/mol. The standard InChI is InChI=1S/C15H23NO/c1-3-15(9-4-10-15)11-16-12(2)13-5-7-14(17)8-6-13/h5-8,12,16-17H,3-4,9-11H2,1-2H3. The molecule has 0 aromatic heterocycles. The molecule has 0 bridgehead atoms. The van der Waals surface area contributed by atoms with Crippen molar-refractivity contribution in [3.8, 4) is 5.75 Å². The van der Waals surface area contributed by atoms with Gasteiger partial charge in [0.15, 0.2) is 0 Å². The van der Waals surface area contributed by atoms with E-state index < -0.39 is 0 Å². The molecule has 2 nitrogen and oxygen atoms in total. The van der Waals surface area contributed by atoms with Crippen molar-refractivity contribution < 1.29 is 5.11 Å². The van der Waals surface area contributed by atoms with Crippen LogP contribution in [-0.2, 0) is 0 Å². The Morgan fingerprint density at radius 3 is 2.41 bits per heavy atom. The Labute approximate surface area is 104 Å². The van der Waals surface area contributed by atoms with Crippen LogP contribution < -0.4 is 5.32 Å². The van der Waals surface area contributed by atoms with Gasteiger partial charge >= 0.3 is 0 Å². The van der Waals surface area contributed by atoms with Gasteiger partial charge in [-0.15, -0.1) is 0 Å². The van der Waals surface area contributed by atoms with E-state index in [1.807, 2.05) is 12.1 Å². The van der Waals surface area contributed by atoms with E-state index in [2.05, 4.69) is 19.2 Å². The second-order valence-electron chi connectivity index (χ2n) is 5.40. The molecule has 1 aromatic carbocycles. The Morgan fingerprint density at radius 1 is 1.29 bits per heavy atom. The van der Waals surface area contributed by atoms with Crippen LogP contribution in [-0.4, -0.2) is 11.7 Å². The number of aromatic hydroxyl groups is 1. The number of hydrogen-bond donors (Lipinski definition) is 2. The lowest BCUT2D eigenvalue weighted by Crippen LogP contribution is -2.40. The van der Waals surface area contributed by atoms with Gasteiger partial charge < -0.3 is 10.4 Å². The number of rotatable bonds is 5. The summed E-state index contributed by atoms with van der Waals surface area (Å²) >= 11 is 0. The van der Waals surface area contributed by atoms with Crippen LogP contribution >= 0.6 is 0 Å². The first-order valence-electron chi connectivity index (χ1n) is 6.67. The predicted octanol–water partition coefficient (Wildman–Crippen LogP) is 3.62. The Bertz CT molecular complexity index is 348. The monoisotopic (exact) mass is 233 g/mol. The molecule has 94 valence electrons. The zero-order chi connectivity index (χ0) is 12.3. The molecular formula is C15H23NO. The highest BCUT2D eigenvalue weighted by molar-refractivity contribution is 5.27. The van der Waals surface area contributed by atoms with Crippen LogP contribution in [0.15, 0.2) is 24.3 Å². The third-order valence-corrected chi connectivity index (χ3v) is 4.34. The van der Waals surface area contributed by atoms with Crippen molar-refractivity contribution in [2.24, 2.45) is 5.41 Å². The van der Waals surface area contributed by atoms with Crippen molar-refractivity contribution >= 4 is 0 Å². The highest BCUT2D eigenvalue weighted by Crippen LogP contribution is 2.43. The van der Waals surface area contributed by atoms with Crippen molar-refractivity contribution in [2.45, 2.75) is 45.6 Å². The average molecular weight is 233 g/mol. The molecule has 0 amide bonds. The molecule has 1 fully saturated rings. The van der Waals surface area contributed by atoms with Gasteiger partial charge in [0.1, 0.15) is 5.75 Å². The van der Waals surface area contributed by atoms with Crippen molar-refractivity contribution in [3.63, 3.8) is 0 Å². The van der Waals surface area contributed by atoms with E-state index in [1.165, 1.54) is 31.2 Å². The van der Waals surface area contributed by atoms with Gasteiger partial charge in [0.25, 0.3) is 0 Å². The summed E-state index contributed by atoms with van der Waals surface area (Å²) in [7, 11) is 0. The zero-order valence-corrected chi connectivity index (χ0v) is 10.9. The lowest BCUT2D eigenvalue weighted by molar-refractivity contribution is 0.120. The van der Waals surface area contributed by atoms with E-state index in [-0.39, 0.29) is 0 Å². The molecule has 2 N–H and O–H groups in total. The van der Waals surface area contributed by atoms with E-state index in [4.69, 9.17) is 0 Å². The van der Waals surface area contributed by atoms with Gasteiger partial charge in [0.2, 0.25) is 0 Å². The van der Waals surface area contributed by atoms with Gasteiger partial charge in [-0.3, -0.25) is 0 Å². The van der Waals surface area contributed by atoms with Crippen molar-refractivity contribution in [2.75, 3.05) is 6.54 Å². The minimum absolute atomic E-state index is 0.338. The average Bonchev–Trinajstić information content (AvgIpc) is 2.29. The van der Waals surface area contributed by atoms with Crippen LogP contribution in [0.3, 0.4) is 0 Å². The molecule has 0 spiro atoms. The SMILES string of the molecule is CCC1(CNC(C)c2ccc(O)cc2)CCC1. The van der Waals surface area contributed by atoms with Gasteiger partial charge in [0.05, 0.1) is 0 Å². The third-order valence-electron chi connectivity index (χ3n) is 4.34. The fourth-order valence-corrected chi connectivity index (χ4v) is 2.58. The van der Waals surface area contributed by atoms with E-state index in [0.29, 0.717) is 17.2 Å². The molecule has 1 aromatic rings. The van der Waals surface area contributed by atoms with Crippen LogP contribution in [0, 0.1) is 5.41 Å². The maximum absolute atomic E-state index is 9.26. The summed E-state index contributed by atoms with van der Waals surface area (Å²) < 4.78 is 0. The number of hydrogen-bond acceptors (Lipinski definition) is 2. The largest absolute Gasteiger partial charge is 0.508 e. The molecule has 1 atom stereocenters. The fraction of sp³-hybridized carbons (Fsp3) is 0.600. The highest BCUT2D eigenvalue weighted by Gasteiger charge is 2.34. The summed E-state index contributed by atoms with van der Waals surface area (Å²) in [5, 5.41) is 12.9. The van der Waals surface area contributed by atoms with E-state index in [9.17, 15) is 5.11 Å². The molecule has 1 saturated carbocycles. The van der Waals surface area contributed by atoms with Crippen LogP contribution in [0.4, 0.5) is 0 Å². The molecule has 1 aliphatic rings. The number of nitrogens with one attached hydrogen (secondary N) is 1. The third kappa shape index (κ3) is 2.81. The lowest BCUT2D eigenvalue weighted by Gasteiger charge is -2.42. The number of benzene rings is 1. The van der Waals surface area contributed by atoms with Crippen molar-refractivity contribution in [3.05, 3.63) is 29.8 Å².